The zero-order chi connectivity index (χ0) is 21.5. The van der Waals surface area contributed by atoms with Gasteiger partial charge in [-0.1, -0.05) is 48.5 Å². The van der Waals surface area contributed by atoms with Gasteiger partial charge < -0.3 is 24.8 Å². The standard InChI is InChI=1S/C23H28N2O5/c1-3-16(12-26)11-24-23(28)22-21(15(2)27)20(30-25-22)14-29-13-17-8-9-18-6-4-5-7-19(18)10-17/h4-10,15-16,26-27H,3,11-14H2,1-2H3,(H,24,28)/t15?,16-/m0/s1. The van der Waals surface area contributed by atoms with Crippen molar-refractivity contribution < 1.29 is 24.3 Å². The van der Waals surface area contributed by atoms with Gasteiger partial charge in [-0.2, -0.15) is 0 Å². The summed E-state index contributed by atoms with van der Waals surface area (Å²) in [6, 6.07) is 14.2. The van der Waals surface area contributed by atoms with Crippen molar-refractivity contribution in [2.24, 2.45) is 5.92 Å². The van der Waals surface area contributed by atoms with Crippen molar-refractivity contribution >= 4 is 16.7 Å². The molecule has 160 valence electrons. The highest BCUT2D eigenvalue weighted by atomic mass is 16.5. The number of ether oxygens (including phenoxy) is 1. The molecule has 0 spiro atoms. The molecule has 1 unspecified atom stereocenters. The minimum absolute atomic E-state index is 0.00722. The van der Waals surface area contributed by atoms with Gasteiger partial charge >= 0.3 is 0 Å². The normalized spacial score (nSPS) is 13.3. The molecule has 3 aromatic rings. The first-order valence-corrected chi connectivity index (χ1v) is 10.1. The maximum absolute atomic E-state index is 12.5. The Hall–Kier alpha value is -2.74. The summed E-state index contributed by atoms with van der Waals surface area (Å²) in [4.78, 5) is 12.5. The average molecular weight is 412 g/mol. The summed E-state index contributed by atoms with van der Waals surface area (Å²) in [6.45, 7) is 4.26. The van der Waals surface area contributed by atoms with Crippen molar-refractivity contribution in [3.05, 3.63) is 65.0 Å². The van der Waals surface area contributed by atoms with E-state index in [2.05, 4.69) is 22.6 Å². The summed E-state index contributed by atoms with van der Waals surface area (Å²) in [5.41, 5.74) is 1.38. The molecule has 0 fully saturated rings. The number of hydrogen-bond acceptors (Lipinski definition) is 6. The fourth-order valence-electron chi connectivity index (χ4n) is 3.28. The fraction of sp³-hybridized carbons (Fsp3) is 0.391. The van der Waals surface area contributed by atoms with Crippen molar-refractivity contribution in [2.45, 2.75) is 39.6 Å². The Bertz CT molecular complexity index is 979. The predicted octanol–water partition coefficient (Wildman–Crippen LogP) is 3.35. The molecular formula is C23H28N2O5. The molecular weight excluding hydrogens is 384 g/mol. The van der Waals surface area contributed by atoms with Gasteiger partial charge in [0.1, 0.15) is 6.61 Å². The zero-order valence-corrected chi connectivity index (χ0v) is 17.3. The van der Waals surface area contributed by atoms with E-state index in [0.717, 1.165) is 22.8 Å². The number of benzene rings is 2. The largest absolute Gasteiger partial charge is 0.396 e. The molecule has 1 heterocycles. The second kappa shape index (κ2) is 10.3. The molecule has 2 aromatic carbocycles. The van der Waals surface area contributed by atoms with Crippen LogP contribution in [0.5, 0.6) is 0 Å². The van der Waals surface area contributed by atoms with E-state index < -0.39 is 12.0 Å². The van der Waals surface area contributed by atoms with Gasteiger partial charge in [0.2, 0.25) is 0 Å². The molecule has 2 atom stereocenters. The van der Waals surface area contributed by atoms with Crippen molar-refractivity contribution in [3.8, 4) is 0 Å². The highest BCUT2D eigenvalue weighted by molar-refractivity contribution is 5.93. The molecule has 0 bridgehead atoms. The highest BCUT2D eigenvalue weighted by Gasteiger charge is 2.25. The van der Waals surface area contributed by atoms with Crippen LogP contribution in [0.4, 0.5) is 0 Å². The molecule has 30 heavy (non-hydrogen) atoms. The maximum Gasteiger partial charge on any atom is 0.273 e. The quantitative estimate of drug-likeness (QED) is 0.472. The van der Waals surface area contributed by atoms with E-state index in [1.54, 1.807) is 6.92 Å². The number of nitrogens with one attached hydrogen (secondary N) is 1. The molecule has 0 aliphatic rings. The summed E-state index contributed by atoms with van der Waals surface area (Å²) in [7, 11) is 0. The van der Waals surface area contributed by atoms with Crippen LogP contribution < -0.4 is 5.32 Å². The Morgan fingerprint density at radius 3 is 2.67 bits per heavy atom. The molecule has 7 nitrogen and oxygen atoms in total. The molecule has 1 aromatic heterocycles. The molecule has 0 saturated heterocycles. The molecule has 7 heteroatoms. The van der Waals surface area contributed by atoms with E-state index in [1.807, 2.05) is 37.3 Å². The lowest BCUT2D eigenvalue weighted by Crippen LogP contribution is -2.31. The number of carbonyl (C=O) groups is 1. The van der Waals surface area contributed by atoms with Crippen LogP contribution in [0.25, 0.3) is 10.8 Å². The van der Waals surface area contributed by atoms with Gasteiger partial charge in [-0.15, -0.1) is 0 Å². The van der Waals surface area contributed by atoms with Crippen LogP contribution in [0.2, 0.25) is 0 Å². The summed E-state index contributed by atoms with van der Waals surface area (Å²) >= 11 is 0. The molecule has 0 saturated carbocycles. The van der Waals surface area contributed by atoms with E-state index in [1.165, 1.54) is 0 Å². The van der Waals surface area contributed by atoms with Gasteiger partial charge in [-0.25, -0.2) is 0 Å². The fourth-order valence-corrected chi connectivity index (χ4v) is 3.28. The molecule has 0 aliphatic heterocycles. The van der Waals surface area contributed by atoms with E-state index in [4.69, 9.17) is 9.26 Å². The lowest BCUT2D eigenvalue weighted by Gasteiger charge is -2.12. The van der Waals surface area contributed by atoms with Crippen LogP contribution in [0.1, 0.15) is 53.7 Å². The number of amides is 1. The van der Waals surface area contributed by atoms with E-state index in [0.29, 0.717) is 24.5 Å². The van der Waals surface area contributed by atoms with Crippen LogP contribution in [0, 0.1) is 5.92 Å². The summed E-state index contributed by atoms with van der Waals surface area (Å²) in [5, 5.41) is 28.3. The van der Waals surface area contributed by atoms with Gasteiger partial charge in [-0.3, -0.25) is 4.79 Å². The Balaban J connectivity index is 1.64. The van der Waals surface area contributed by atoms with Gasteiger partial charge in [0.15, 0.2) is 11.5 Å². The topological polar surface area (TPSA) is 105 Å². The van der Waals surface area contributed by atoms with Gasteiger partial charge in [-0.05, 0) is 41.7 Å². The Morgan fingerprint density at radius 2 is 1.97 bits per heavy atom. The summed E-state index contributed by atoms with van der Waals surface area (Å²) in [6.07, 6.45) is -0.191. The number of fused-ring (bicyclic) bond motifs is 1. The first kappa shape index (κ1) is 22.0. The van der Waals surface area contributed by atoms with Gasteiger partial charge in [0, 0.05) is 13.2 Å². The number of carbonyl (C=O) groups excluding carboxylic acids is 1. The lowest BCUT2D eigenvalue weighted by molar-refractivity contribution is 0.0848. The van der Waals surface area contributed by atoms with Crippen LogP contribution >= 0.6 is 0 Å². The minimum atomic E-state index is -0.934. The SMILES string of the molecule is CC[C@H](CO)CNC(=O)c1noc(COCc2ccc3ccccc3c2)c1C(C)O. The first-order chi connectivity index (χ1) is 14.5. The summed E-state index contributed by atoms with van der Waals surface area (Å²) in [5.74, 6) is -0.145. The number of nitrogens with zero attached hydrogens (tertiary/aromatic N) is 1. The first-order valence-electron chi connectivity index (χ1n) is 10.1. The van der Waals surface area contributed by atoms with Crippen LogP contribution in [0.3, 0.4) is 0 Å². The molecule has 3 N–H and O–H groups in total. The van der Waals surface area contributed by atoms with E-state index in [-0.39, 0.29) is 24.8 Å². The third-order valence-electron chi connectivity index (χ3n) is 5.14. The smallest absolute Gasteiger partial charge is 0.273 e. The van der Waals surface area contributed by atoms with Crippen LogP contribution in [-0.2, 0) is 18.0 Å². The number of rotatable bonds is 10. The van der Waals surface area contributed by atoms with E-state index in [9.17, 15) is 15.0 Å². The summed E-state index contributed by atoms with van der Waals surface area (Å²) < 4.78 is 11.1. The zero-order valence-electron chi connectivity index (χ0n) is 17.3. The van der Waals surface area contributed by atoms with Crippen LogP contribution in [-0.4, -0.2) is 34.4 Å². The highest BCUT2D eigenvalue weighted by Crippen LogP contribution is 2.24. The molecule has 0 aliphatic carbocycles. The molecule has 3 rings (SSSR count). The average Bonchev–Trinajstić information content (AvgIpc) is 3.18. The van der Waals surface area contributed by atoms with Crippen molar-refractivity contribution in [2.75, 3.05) is 13.2 Å². The third kappa shape index (κ3) is 5.24. The Morgan fingerprint density at radius 1 is 1.20 bits per heavy atom. The second-order valence-electron chi connectivity index (χ2n) is 7.39. The minimum Gasteiger partial charge on any atom is -0.396 e. The lowest BCUT2D eigenvalue weighted by atomic mass is 10.1. The molecule has 0 radical (unpaired) electrons. The van der Waals surface area contributed by atoms with Gasteiger partial charge in [0.05, 0.1) is 18.3 Å². The second-order valence-corrected chi connectivity index (χ2v) is 7.39. The van der Waals surface area contributed by atoms with Crippen molar-refractivity contribution in [1.29, 1.82) is 0 Å². The molecule has 1 amide bonds. The number of aromatic nitrogens is 1. The Kier molecular flexibility index (Phi) is 7.57. The Labute approximate surface area is 175 Å². The number of aliphatic hydroxyl groups is 2. The monoisotopic (exact) mass is 412 g/mol. The maximum atomic E-state index is 12.5. The predicted molar refractivity (Wildman–Crippen MR) is 113 cm³/mol. The van der Waals surface area contributed by atoms with E-state index >= 15 is 0 Å². The van der Waals surface area contributed by atoms with Crippen LogP contribution in [0.15, 0.2) is 47.0 Å². The number of aliphatic hydroxyl groups excluding tert-OH is 2. The number of hydrogen-bond donors (Lipinski definition) is 3. The van der Waals surface area contributed by atoms with Crippen molar-refractivity contribution in [1.82, 2.24) is 10.5 Å². The van der Waals surface area contributed by atoms with Crippen molar-refractivity contribution in [3.63, 3.8) is 0 Å². The van der Waals surface area contributed by atoms with Gasteiger partial charge in [0.25, 0.3) is 5.91 Å². The third-order valence-corrected chi connectivity index (χ3v) is 5.14.